The first-order valence-electron chi connectivity index (χ1n) is 4.79. The summed E-state index contributed by atoms with van der Waals surface area (Å²) in [5.41, 5.74) is 0.544. The van der Waals surface area contributed by atoms with Crippen molar-refractivity contribution in [3.05, 3.63) is 0 Å². The van der Waals surface area contributed by atoms with E-state index < -0.39 is 7.26 Å². The smallest absolute Gasteiger partial charge is 0.0625 e. The van der Waals surface area contributed by atoms with Crippen molar-refractivity contribution in [1.29, 1.82) is 0 Å². The average molecular weight is 169 g/mol. The Morgan fingerprint density at radius 1 is 1.27 bits per heavy atom. The Kier molecular flexibility index (Phi) is 3.43. The average Bonchev–Trinajstić information content (AvgIpc) is 2.04. The molecule has 1 atom stereocenters. The zero-order valence-corrected chi connectivity index (χ0v) is 8.74. The second kappa shape index (κ2) is 3.94. The van der Waals surface area contributed by atoms with Gasteiger partial charge in [0.05, 0.1) is 12.3 Å². The summed E-state index contributed by atoms with van der Waals surface area (Å²) in [5, 5.41) is 0. The fourth-order valence-electron chi connectivity index (χ4n) is 2.01. The van der Waals surface area contributed by atoms with Crippen LogP contribution in [-0.2, 0) is 0 Å². The Morgan fingerprint density at radius 3 is 2.27 bits per heavy atom. The first-order chi connectivity index (χ1) is 5.19. The summed E-state index contributed by atoms with van der Waals surface area (Å²) < 4.78 is 0. The van der Waals surface area contributed by atoms with E-state index in [1.54, 1.807) is 0 Å². The maximum Gasteiger partial charge on any atom is 0.126 e. The summed E-state index contributed by atoms with van der Waals surface area (Å²) in [6.45, 7) is 4.70. The van der Waals surface area contributed by atoms with Gasteiger partial charge < -0.3 is 0 Å². The minimum atomic E-state index is -0.677. The molecule has 1 fully saturated rings. The van der Waals surface area contributed by atoms with E-state index in [9.17, 15) is 0 Å². The summed E-state index contributed by atoms with van der Waals surface area (Å²) in [7, 11) is 5.45. The molecule has 0 aliphatic carbocycles. The molecule has 0 bridgehead atoms. The minimum absolute atomic E-state index is 0.544. The molecule has 1 saturated heterocycles. The highest BCUT2D eigenvalue weighted by atomic mass is 31.2. The van der Waals surface area contributed by atoms with Crippen molar-refractivity contribution < 1.29 is 0 Å². The normalized spacial score (nSPS) is 26.4. The second-order valence-corrected chi connectivity index (χ2v) is 8.48. The van der Waals surface area contributed by atoms with Crippen molar-refractivity contribution >= 4 is 15.1 Å². The SMILES string of the molecule is [B]C(CC)[P+]1(C)CCCCC1. The highest BCUT2D eigenvalue weighted by Crippen LogP contribution is 2.62. The Hall–Kier alpha value is 0.495. The Bertz CT molecular complexity index is 119. The lowest BCUT2D eigenvalue weighted by Gasteiger charge is -2.32. The van der Waals surface area contributed by atoms with Crippen LogP contribution in [0.4, 0.5) is 0 Å². The largest absolute Gasteiger partial charge is 0.126 e. The maximum atomic E-state index is 6.13. The Balaban J connectivity index is 2.49. The van der Waals surface area contributed by atoms with Crippen LogP contribution in [0.25, 0.3) is 0 Å². The van der Waals surface area contributed by atoms with Crippen LogP contribution in [0.2, 0.25) is 0 Å². The molecule has 0 saturated carbocycles. The van der Waals surface area contributed by atoms with E-state index in [0.717, 1.165) is 0 Å². The molecule has 11 heavy (non-hydrogen) atoms. The van der Waals surface area contributed by atoms with Crippen LogP contribution in [0.5, 0.6) is 0 Å². The van der Waals surface area contributed by atoms with E-state index in [1.807, 2.05) is 0 Å². The van der Waals surface area contributed by atoms with Gasteiger partial charge in [0.1, 0.15) is 7.85 Å². The van der Waals surface area contributed by atoms with Crippen LogP contribution in [0.1, 0.15) is 32.6 Å². The van der Waals surface area contributed by atoms with E-state index in [1.165, 1.54) is 38.0 Å². The van der Waals surface area contributed by atoms with Crippen LogP contribution >= 0.6 is 7.26 Å². The van der Waals surface area contributed by atoms with Crippen LogP contribution in [0.15, 0.2) is 0 Å². The summed E-state index contributed by atoms with van der Waals surface area (Å²) in [6, 6.07) is 0. The first kappa shape index (κ1) is 9.58. The molecule has 0 aromatic rings. The molecule has 1 rings (SSSR count). The third-order valence-corrected chi connectivity index (χ3v) is 7.70. The molecular formula is C9H19BP+. The minimum Gasteiger partial charge on any atom is -0.0625 e. The standard InChI is InChI=1S/C9H19BP/c1-3-9(10)11(2)7-5-4-6-8-11/h9H,3-8H2,1-2H3/q+1. The highest BCUT2D eigenvalue weighted by molar-refractivity contribution is 7.77. The predicted molar refractivity (Wildman–Crippen MR) is 56.3 cm³/mol. The van der Waals surface area contributed by atoms with Gasteiger partial charge in [0, 0.05) is 19.5 Å². The Labute approximate surface area is 72.9 Å². The molecule has 2 heteroatoms. The quantitative estimate of drug-likeness (QED) is 0.440. The monoisotopic (exact) mass is 169 g/mol. The van der Waals surface area contributed by atoms with Gasteiger partial charge in [-0.15, -0.1) is 0 Å². The van der Waals surface area contributed by atoms with Gasteiger partial charge in [-0.05, 0) is 25.7 Å². The number of hydrogen-bond donors (Lipinski definition) is 0. The highest BCUT2D eigenvalue weighted by Gasteiger charge is 2.37. The fraction of sp³-hybridized carbons (Fsp3) is 1.00. The summed E-state index contributed by atoms with van der Waals surface area (Å²) in [5.74, 6) is 0. The van der Waals surface area contributed by atoms with Gasteiger partial charge in [0.15, 0.2) is 0 Å². The lowest BCUT2D eigenvalue weighted by Crippen LogP contribution is -2.20. The number of rotatable bonds is 2. The van der Waals surface area contributed by atoms with Gasteiger partial charge in [-0.25, -0.2) is 0 Å². The fourth-order valence-corrected chi connectivity index (χ4v) is 5.67. The van der Waals surface area contributed by atoms with E-state index in [4.69, 9.17) is 7.85 Å². The van der Waals surface area contributed by atoms with Gasteiger partial charge in [0.2, 0.25) is 0 Å². The molecule has 1 heterocycles. The van der Waals surface area contributed by atoms with E-state index in [2.05, 4.69) is 13.6 Å². The van der Waals surface area contributed by atoms with Crippen molar-refractivity contribution in [2.75, 3.05) is 19.0 Å². The van der Waals surface area contributed by atoms with Crippen molar-refractivity contribution in [3.8, 4) is 0 Å². The van der Waals surface area contributed by atoms with Crippen molar-refractivity contribution in [3.63, 3.8) is 0 Å². The van der Waals surface area contributed by atoms with Crippen molar-refractivity contribution in [2.45, 2.75) is 38.2 Å². The maximum absolute atomic E-state index is 6.13. The molecule has 0 spiro atoms. The van der Waals surface area contributed by atoms with E-state index in [-0.39, 0.29) is 0 Å². The topological polar surface area (TPSA) is 0 Å². The predicted octanol–water partition coefficient (Wildman–Crippen LogP) is 2.72. The van der Waals surface area contributed by atoms with E-state index >= 15 is 0 Å². The van der Waals surface area contributed by atoms with Crippen molar-refractivity contribution in [2.24, 2.45) is 0 Å². The van der Waals surface area contributed by atoms with Crippen LogP contribution < -0.4 is 0 Å². The number of hydrogen-bond acceptors (Lipinski definition) is 0. The molecular weight excluding hydrogens is 150 g/mol. The molecule has 0 nitrogen and oxygen atoms in total. The third kappa shape index (κ3) is 2.21. The molecule has 0 N–H and O–H groups in total. The molecule has 0 aromatic carbocycles. The molecule has 1 aliphatic heterocycles. The lowest BCUT2D eigenvalue weighted by atomic mass is 10.0. The van der Waals surface area contributed by atoms with Crippen LogP contribution in [0, 0.1) is 0 Å². The molecule has 0 aromatic heterocycles. The van der Waals surface area contributed by atoms with Gasteiger partial charge in [0.25, 0.3) is 0 Å². The third-order valence-electron chi connectivity index (χ3n) is 3.06. The van der Waals surface area contributed by atoms with Crippen LogP contribution in [0.3, 0.4) is 0 Å². The van der Waals surface area contributed by atoms with Crippen molar-refractivity contribution in [1.82, 2.24) is 0 Å². The molecule has 0 amide bonds. The molecule has 1 unspecified atom stereocenters. The summed E-state index contributed by atoms with van der Waals surface area (Å²) in [4.78, 5) is 0. The molecule has 2 radical (unpaired) electrons. The van der Waals surface area contributed by atoms with Gasteiger partial charge in [-0.1, -0.05) is 6.92 Å². The van der Waals surface area contributed by atoms with Gasteiger partial charge in [-0.3, -0.25) is 0 Å². The van der Waals surface area contributed by atoms with Crippen LogP contribution in [-0.4, -0.2) is 32.4 Å². The Morgan fingerprint density at radius 2 is 1.82 bits per heavy atom. The zero-order chi connectivity index (χ0) is 8.32. The second-order valence-electron chi connectivity index (χ2n) is 3.96. The van der Waals surface area contributed by atoms with E-state index in [0.29, 0.717) is 5.56 Å². The van der Waals surface area contributed by atoms with Gasteiger partial charge >= 0.3 is 0 Å². The summed E-state index contributed by atoms with van der Waals surface area (Å²) in [6.07, 6.45) is 8.44. The van der Waals surface area contributed by atoms with Gasteiger partial charge in [-0.2, -0.15) is 0 Å². The zero-order valence-electron chi connectivity index (χ0n) is 7.84. The first-order valence-corrected chi connectivity index (χ1v) is 7.46. The lowest BCUT2D eigenvalue weighted by molar-refractivity contribution is 0.739. The molecule has 1 aliphatic rings. The summed E-state index contributed by atoms with van der Waals surface area (Å²) >= 11 is 0. The molecule has 62 valence electrons.